The lowest BCUT2D eigenvalue weighted by atomic mass is 9.90. The van der Waals surface area contributed by atoms with E-state index in [1.54, 1.807) is 12.1 Å². The van der Waals surface area contributed by atoms with Gasteiger partial charge in [0.05, 0.1) is 23.8 Å². The third kappa shape index (κ3) is 5.84. The van der Waals surface area contributed by atoms with E-state index in [0.29, 0.717) is 30.2 Å². The second-order valence-corrected chi connectivity index (χ2v) is 9.19. The maximum absolute atomic E-state index is 13.2. The molecule has 3 amide bonds. The quantitative estimate of drug-likeness (QED) is 0.313. The molecule has 0 aliphatic heterocycles. The van der Waals surface area contributed by atoms with Crippen molar-refractivity contribution in [3.63, 3.8) is 0 Å². The molecule has 0 spiro atoms. The minimum absolute atomic E-state index is 0.0430. The van der Waals surface area contributed by atoms with Crippen molar-refractivity contribution >= 4 is 40.1 Å². The smallest absolute Gasteiger partial charge is 0.395 e. The molecule has 5 N–H and O–H groups in total. The number of anilines is 1. The summed E-state index contributed by atoms with van der Waals surface area (Å²) in [5.74, 6) is -0.327. The number of urea groups is 1. The number of halogens is 4. The molecular weight excluding hydrogens is 513 g/mol. The molecule has 2 aromatic carbocycles. The van der Waals surface area contributed by atoms with Crippen LogP contribution in [0, 0.1) is 0 Å². The van der Waals surface area contributed by atoms with Gasteiger partial charge in [-0.2, -0.15) is 13.2 Å². The summed E-state index contributed by atoms with van der Waals surface area (Å²) < 4.78 is 39.4. The highest BCUT2D eigenvalue weighted by Gasteiger charge is 2.33. The third-order valence-corrected chi connectivity index (χ3v) is 6.66. The lowest BCUT2D eigenvalue weighted by Crippen LogP contribution is -2.41. The average molecular weight is 539 g/mol. The second kappa shape index (κ2) is 11.0. The predicted molar refractivity (Wildman–Crippen MR) is 133 cm³/mol. The number of aliphatic hydroxyl groups is 2. The highest BCUT2D eigenvalue weighted by atomic mass is 35.5. The number of carbonyl (C=O) groups is 2. The van der Waals surface area contributed by atoms with Crippen LogP contribution in [0.2, 0.25) is 5.02 Å². The van der Waals surface area contributed by atoms with Gasteiger partial charge in [-0.15, -0.1) is 0 Å². The fourth-order valence-electron chi connectivity index (χ4n) is 4.68. The standard InChI is InChI=1S/C25H26ClF3N4O4/c26-19-6-4-15(13-18(19)25(27,28)29)31-24(37)30-14-5-7-20-17(12-14)22-16(2-1-3-21(22)32-20)23(36)33(8-10-34)9-11-35/h1-4,6,13-14,32,34-35H,5,7-12H2,(H2,30,31,37). The molecule has 0 fully saturated rings. The van der Waals surface area contributed by atoms with Crippen LogP contribution in [0.3, 0.4) is 0 Å². The number of alkyl halides is 3. The number of fused-ring (bicyclic) bond motifs is 3. The molecule has 1 atom stereocenters. The van der Waals surface area contributed by atoms with Gasteiger partial charge in [0.1, 0.15) is 0 Å². The van der Waals surface area contributed by atoms with Crippen LogP contribution in [0.25, 0.3) is 10.9 Å². The molecule has 1 aromatic heterocycles. The molecule has 37 heavy (non-hydrogen) atoms. The van der Waals surface area contributed by atoms with Crippen molar-refractivity contribution in [3.05, 3.63) is 63.8 Å². The van der Waals surface area contributed by atoms with Gasteiger partial charge < -0.3 is 30.7 Å². The molecule has 1 aliphatic rings. The van der Waals surface area contributed by atoms with E-state index >= 15 is 0 Å². The molecule has 12 heteroatoms. The highest BCUT2D eigenvalue weighted by Crippen LogP contribution is 2.36. The monoisotopic (exact) mass is 538 g/mol. The van der Waals surface area contributed by atoms with Gasteiger partial charge in [-0.3, -0.25) is 4.79 Å². The van der Waals surface area contributed by atoms with Crippen molar-refractivity contribution in [2.24, 2.45) is 0 Å². The first kappa shape index (κ1) is 26.8. The SMILES string of the molecule is O=C(Nc1ccc(Cl)c(C(F)(F)F)c1)NC1CCc2[nH]c3cccc(C(=O)N(CCO)CCO)c3c2C1. The fraction of sp³-hybridized carbons (Fsp3) is 0.360. The zero-order chi connectivity index (χ0) is 26.7. The van der Waals surface area contributed by atoms with E-state index in [4.69, 9.17) is 11.6 Å². The van der Waals surface area contributed by atoms with E-state index in [2.05, 4.69) is 15.6 Å². The molecule has 0 bridgehead atoms. The van der Waals surface area contributed by atoms with E-state index in [-0.39, 0.29) is 43.9 Å². The summed E-state index contributed by atoms with van der Waals surface area (Å²) in [6.45, 7) is -0.334. The maximum Gasteiger partial charge on any atom is 0.417 e. The average Bonchev–Trinajstić information content (AvgIpc) is 3.22. The number of aliphatic hydroxyl groups excluding tert-OH is 2. The van der Waals surface area contributed by atoms with Gasteiger partial charge in [0.2, 0.25) is 0 Å². The molecule has 0 saturated heterocycles. The zero-order valence-electron chi connectivity index (χ0n) is 19.7. The van der Waals surface area contributed by atoms with Crippen molar-refractivity contribution in [2.75, 3.05) is 31.6 Å². The van der Waals surface area contributed by atoms with Crippen molar-refractivity contribution in [2.45, 2.75) is 31.5 Å². The number of aromatic amines is 1. The van der Waals surface area contributed by atoms with E-state index in [1.165, 1.54) is 11.0 Å². The van der Waals surface area contributed by atoms with Gasteiger partial charge in [-0.25, -0.2) is 4.79 Å². The van der Waals surface area contributed by atoms with Crippen LogP contribution < -0.4 is 10.6 Å². The highest BCUT2D eigenvalue weighted by molar-refractivity contribution is 6.31. The number of hydrogen-bond donors (Lipinski definition) is 5. The molecule has 1 aliphatic carbocycles. The molecule has 3 aromatic rings. The van der Waals surface area contributed by atoms with Crippen LogP contribution >= 0.6 is 11.6 Å². The largest absolute Gasteiger partial charge is 0.417 e. The normalized spacial score (nSPS) is 15.4. The number of amides is 3. The number of nitrogens with zero attached hydrogens (tertiary/aromatic N) is 1. The van der Waals surface area contributed by atoms with Gasteiger partial charge in [0, 0.05) is 47.0 Å². The summed E-state index contributed by atoms with van der Waals surface area (Å²) in [6.07, 6.45) is -3.06. The molecule has 8 nitrogen and oxygen atoms in total. The lowest BCUT2D eigenvalue weighted by Gasteiger charge is -2.25. The number of aryl methyl sites for hydroxylation is 1. The Morgan fingerprint density at radius 1 is 1.14 bits per heavy atom. The van der Waals surface area contributed by atoms with Crippen molar-refractivity contribution in [3.8, 4) is 0 Å². The number of rotatable bonds is 7. The number of carbonyl (C=O) groups excluding carboxylic acids is 2. The van der Waals surface area contributed by atoms with E-state index in [9.17, 15) is 33.0 Å². The molecule has 0 saturated carbocycles. The first-order valence-electron chi connectivity index (χ1n) is 11.7. The molecule has 0 radical (unpaired) electrons. The van der Waals surface area contributed by atoms with Gasteiger partial charge in [0.25, 0.3) is 5.91 Å². The van der Waals surface area contributed by atoms with Crippen LogP contribution in [0.4, 0.5) is 23.7 Å². The second-order valence-electron chi connectivity index (χ2n) is 8.78. The molecule has 4 rings (SSSR count). The van der Waals surface area contributed by atoms with Gasteiger partial charge >= 0.3 is 12.2 Å². The number of aromatic nitrogens is 1. The fourth-order valence-corrected chi connectivity index (χ4v) is 4.90. The molecule has 198 valence electrons. The van der Waals surface area contributed by atoms with E-state index in [1.807, 2.05) is 6.07 Å². The summed E-state index contributed by atoms with van der Waals surface area (Å²) in [6, 6.07) is 7.45. The Morgan fingerprint density at radius 3 is 2.54 bits per heavy atom. The number of nitrogens with one attached hydrogen (secondary N) is 3. The van der Waals surface area contributed by atoms with Crippen molar-refractivity contribution in [1.82, 2.24) is 15.2 Å². The Labute approximate surface area is 215 Å². The Balaban J connectivity index is 1.53. The molecular formula is C25H26ClF3N4O4. The third-order valence-electron chi connectivity index (χ3n) is 6.33. The summed E-state index contributed by atoms with van der Waals surface area (Å²) in [7, 11) is 0. The first-order valence-corrected chi connectivity index (χ1v) is 12.1. The summed E-state index contributed by atoms with van der Waals surface area (Å²) >= 11 is 5.64. The van der Waals surface area contributed by atoms with Crippen molar-refractivity contribution < 1.29 is 33.0 Å². The summed E-state index contributed by atoms with van der Waals surface area (Å²) in [5, 5.41) is 24.1. The molecule has 1 unspecified atom stereocenters. The minimum atomic E-state index is -4.65. The number of hydrogen-bond acceptors (Lipinski definition) is 4. The van der Waals surface area contributed by atoms with Gasteiger partial charge in [0.15, 0.2) is 0 Å². The maximum atomic E-state index is 13.2. The van der Waals surface area contributed by atoms with Gasteiger partial charge in [-0.05, 0) is 55.2 Å². The first-order chi connectivity index (χ1) is 17.6. The van der Waals surface area contributed by atoms with Crippen LogP contribution in [-0.4, -0.2) is 64.4 Å². The van der Waals surface area contributed by atoms with E-state index < -0.39 is 22.8 Å². The topological polar surface area (TPSA) is 118 Å². The Hall–Kier alpha value is -3.28. The van der Waals surface area contributed by atoms with Gasteiger partial charge in [-0.1, -0.05) is 17.7 Å². The van der Waals surface area contributed by atoms with Crippen LogP contribution in [0.15, 0.2) is 36.4 Å². The van der Waals surface area contributed by atoms with E-state index in [0.717, 1.165) is 28.9 Å². The lowest BCUT2D eigenvalue weighted by molar-refractivity contribution is -0.137. The Bertz CT molecular complexity index is 1310. The number of benzene rings is 2. The predicted octanol–water partition coefficient (Wildman–Crippen LogP) is 3.95. The summed E-state index contributed by atoms with van der Waals surface area (Å²) in [4.78, 5) is 30.5. The van der Waals surface area contributed by atoms with Crippen LogP contribution in [0.1, 0.15) is 33.6 Å². The molecule has 1 heterocycles. The minimum Gasteiger partial charge on any atom is -0.395 e. The number of H-pyrrole nitrogens is 1. The van der Waals surface area contributed by atoms with Crippen LogP contribution in [0.5, 0.6) is 0 Å². The zero-order valence-corrected chi connectivity index (χ0v) is 20.4. The van der Waals surface area contributed by atoms with Crippen LogP contribution in [-0.2, 0) is 19.0 Å². The Morgan fingerprint density at radius 2 is 1.86 bits per heavy atom. The Kier molecular flexibility index (Phi) is 7.96. The van der Waals surface area contributed by atoms with Crippen molar-refractivity contribution in [1.29, 1.82) is 0 Å². The summed E-state index contributed by atoms with van der Waals surface area (Å²) in [5.41, 5.74) is 1.91.